The predicted molar refractivity (Wildman–Crippen MR) is 102 cm³/mol. The second-order valence-electron chi connectivity index (χ2n) is 7.77. The van der Waals surface area contributed by atoms with Crippen molar-refractivity contribution in [1.29, 1.82) is 0 Å². The van der Waals surface area contributed by atoms with Gasteiger partial charge in [0.1, 0.15) is 0 Å². The summed E-state index contributed by atoms with van der Waals surface area (Å²) in [6.45, 7) is 9.81. The van der Waals surface area contributed by atoms with Crippen molar-refractivity contribution in [2.75, 3.05) is 32.8 Å². The number of carbonyl (C=O) groups excluding carboxylic acids is 1. The fraction of sp³-hybridized carbons (Fsp3) is 0.900. The summed E-state index contributed by atoms with van der Waals surface area (Å²) in [4.78, 5) is 19.0. The van der Waals surface area contributed by atoms with E-state index in [9.17, 15) is 4.79 Å². The minimum absolute atomic E-state index is 0.0399. The summed E-state index contributed by atoms with van der Waals surface area (Å²) in [5.41, 5.74) is 0.327. The van der Waals surface area contributed by atoms with Gasteiger partial charge in [-0.3, -0.25) is 9.79 Å². The Morgan fingerprint density at radius 1 is 1.19 bits per heavy atom. The van der Waals surface area contributed by atoms with Crippen LogP contribution in [0.4, 0.5) is 0 Å². The first-order chi connectivity index (χ1) is 12.6. The molecule has 3 rings (SSSR count). The van der Waals surface area contributed by atoms with E-state index in [1.54, 1.807) is 0 Å². The second kappa shape index (κ2) is 8.59. The van der Waals surface area contributed by atoms with Gasteiger partial charge in [0.05, 0.1) is 18.6 Å². The zero-order valence-electron chi connectivity index (χ0n) is 16.6. The van der Waals surface area contributed by atoms with Crippen LogP contribution in [0.25, 0.3) is 0 Å². The molecular formula is C20H35N3O3. The van der Waals surface area contributed by atoms with Gasteiger partial charge >= 0.3 is 5.97 Å². The number of aliphatic imine (C=N–C) groups is 1. The summed E-state index contributed by atoms with van der Waals surface area (Å²) in [6.07, 6.45) is 7.03. The van der Waals surface area contributed by atoms with Crippen LogP contribution in [0.2, 0.25) is 0 Å². The number of likely N-dealkylation sites (tertiary alicyclic amines) is 1. The third-order valence-electron chi connectivity index (χ3n) is 6.46. The predicted octanol–water partition coefficient (Wildman–Crippen LogP) is 2.57. The molecule has 3 aliphatic rings. The first-order valence-corrected chi connectivity index (χ1v) is 10.5. The molecule has 6 nitrogen and oxygen atoms in total. The fourth-order valence-electron chi connectivity index (χ4n) is 4.77. The van der Waals surface area contributed by atoms with Gasteiger partial charge in [-0.1, -0.05) is 6.42 Å². The van der Waals surface area contributed by atoms with E-state index in [0.717, 1.165) is 51.5 Å². The van der Waals surface area contributed by atoms with E-state index < -0.39 is 0 Å². The summed E-state index contributed by atoms with van der Waals surface area (Å²) in [7, 11) is 0. The third-order valence-corrected chi connectivity index (χ3v) is 6.46. The Kier molecular flexibility index (Phi) is 6.43. The highest BCUT2D eigenvalue weighted by molar-refractivity contribution is 5.81. The molecule has 1 N–H and O–H groups in total. The molecule has 0 aromatic heterocycles. The molecule has 2 unspecified atom stereocenters. The van der Waals surface area contributed by atoms with Crippen LogP contribution in [0.15, 0.2) is 4.99 Å². The molecule has 6 heteroatoms. The third kappa shape index (κ3) is 3.71. The lowest BCUT2D eigenvalue weighted by atomic mass is 9.51. The first kappa shape index (κ1) is 19.5. The van der Waals surface area contributed by atoms with Crippen molar-refractivity contribution in [2.45, 2.75) is 71.4 Å². The smallest absolute Gasteiger partial charge is 0.309 e. The van der Waals surface area contributed by atoms with Crippen LogP contribution in [0, 0.1) is 11.3 Å². The van der Waals surface area contributed by atoms with Gasteiger partial charge in [0, 0.05) is 37.7 Å². The molecule has 2 aliphatic carbocycles. The number of nitrogens with one attached hydrogen (secondary N) is 1. The van der Waals surface area contributed by atoms with E-state index in [4.69, 9.17) is 14.5 Å². The monoisotopic (exact) mass is 365 g/mol. The summed E-state index contributed by atoms with van der Waals surface area (Å²) in [5.74, 6) is 1.01. The molecule has 0 aromatic carbocycles. The Bertz CT molecular complexity index is 510. The molecule has 2 saturated carbocycles. The van der Waals surface area contributed by atoms with Crippen LogP contribution < -0.4 is 5.32 Å². The first-order valence-electron chi connectivity index (χ1n) is 10.5. The standard InChI is InChI=1S/C20H35N3O3/c1-4-21-19(23-12-8-15(9-13-23)18(24)26-6-3)22-16-14-17(25-5-2)20(16)10-7-11-20/h15-17H,4-14H2,1-3H3,(H,21,22). The average molecular weight is 366 g/mol. The van der Waals surface area contributed by atoms with Crippen LogP contribution in [0.3, 0.4) is 0 Å². The minimum Gasteiger partial charge on any atom is -0.466 e. The van der Waals surface area contributed by atoms with Crippen molar-refractivity contribution in [1.82, 2.24) is 10.2 Å². The van der Waals surface area contributed by atoms with Crippen LogP contribution in [0.1, 0.15) is 59.3 Å². The summed E-state index contributed by atoms with van der Waals surface area (Å²) in [5, 5.41) is 3.75. The lowest BCUT2D eigenvalue weighted by molar-refractivity contribution is -0.169. The molecular weight excluding hydrogens is 330 g/mol. The SMILES string of the molecule is CCN=C(NC1CC(OCC)C12CCC2)N1CCC(C(=O)OCC)CC1. The Balaban J connectivity index is 1.56. The highest BCUT2D eigenvalue weighted by Crippen LogP contribution is 2.57. The zero-order chi connectivity index (χ0) is 18.6. The van der Waals surface area contributed by atoms with Gasteiger partial charge in [0.25, 0.3) is 0 Å². The molecule has 148 valence electrons. The number of rotatable bonds is 6. The Morgan fingerprint density at radius 2 is 1.92 bits per heavy atom. The number of guanidine groups is 1. The number of hydrogen-bond donors (Lipinski definition) is 1. The average Bonchev–Trinajstić information content (AvgIpc) is 2.59. The van der Waals surface area contributed by atoms with Crippen molar-refractivity contribution in [3.05, 3.63) is 0 Å². The van der Waals surface area contributed by atoms with Gasteiger partial charge < -0.3 is 19.7 Å². The van der Waals surface area contributed by atoms with Crippen molar-refractivity contribution >= 4 is 11.9 Å². The highest BCUT2D eigenvalue weighted by atomic mass is 16.5. The quantitative estimate of drug-likeness (QED) is 0.445. The van der Waals surface area contributed by atoms with Crippen molar-refractivity contribution in [3.63, 3.8) is 0 Å². The van der Waals surface area contributed by atoms with E-state index >= 15 is 0 Å². The summed E-state index contributed by atoms with van der Waals surface area (Å²) < 4.78 is 11.2. The van der Waals surface area contributed by atoms with E-state index in [0.29, 0.717) is 24.2 Å². The van der Waals surface area contributed by atoms with Crippen LogP contribution in [0.5, 0.6) is 0 Å². The second-order valence-corrected chi connectivity index (χ2v) is 7.77. The molecule has 1 aliphatic heterocycles. The Labute approximate surface area is 157 Å². The summed E-state index contributed by atoms with van der Waals surface area (Å²) in [6, 6.07) is 0.473. The molecule has 1 heterocycles. The molecule has 1 spiro atoms. The van der Waals surface area contributed by atoms with Crippen molar-refractivity contribution in [3.8, 4) is 0 Å². The summed E-state index contributed by atoms with van der Waals surface area (Å²) >= 11 is 0. The molecule has 2 atom stereocenters. The maximum atomic E-state index is 12.0. The van der Waals surface area contributed by atoms with Gasteiger partial charge in [-0.15, -0.1) is 0 Å². The van der Waals surface area contributed by atoms with Crippen LogP contribution in [-0.2, 0) is 14.3 Å². The van der Waals surface area contributed by atoms with Gasteiger partial charge in [-0.05, 0) is 52.9 Å². The fourth-order valence-corrected chi connectivity index (χ4v) is 4.77. The van der Waals surface area contributed by atoms with Gasteiger partial charge in [-0.25, -0.2) is 0 Å². The van der Waals surface area contributed by atoms with E-state index in [1.807, 2.05) is 6.92 Å². The number of piperidine rings is 1. The zero-order valence-corrected chi connectivity index (χ0v) is 16.6. The Hall–Kier alpha value is -1.30. The van der Waals surface area contributed by atoms with Crippen LogP contribution >= 0.6 is 0 Å². The molecule has 26 heavy (non-hydrogen) atoms. The number of esters is 1. The largest absolute Gasteiger partial charge is 0.466 e. The maximum Gasteiger partial charge on any atom is 0.309 e. The molecule has 0 radical (unpaired) electrons. The number of hydrogen-bond acceptors (Lipinski definition) is 4. The van der Waals surface area contributed by atoms with Gasteiger partial charge in [0.15, 0.2) is 5.96 Å². The molecule has 3 fully saturated rings. The van der Waals surface area contributed by atoms with E-state index in [2.05, 4.69) is 24.1 Å². The number of carbonyl (C=O) groups is 1. The Morgan fingerprint density at radius 3 is 2.46 bits per heavy atom. The van der Waals surface area contributed by atoms with Crippen molar-refractivity contribution < 1.29 is 14.3 Å². The van der Waals surface area contributed by atoms with Gasteiger partial charge in [-0.2, -0.15) is 0 Å². The molecule has 0 bridgehead atoms. The normalized spacial score (nSPS) is 28.4. The molecule has 0 amide bonds. The van der Waals surface area contributed by atoms with Crippen LogP contribution in [-0.4, -0.2) is 61.8 Å². The number of ether oxygens (including phenoxy) is 2. The highest BCUT2D eigenvalue weighted by Gasteiger charge is 2.59. The van der Waals surface area contributed by atoms with E-state index in [-0.39, 0.29) is 11.9 Å². The van der Waals surface area contributed by atoms with E-state index in [1.165, 1.54) is 19.3 Å². The number of nitrogens with zero attached hydrogens (tertiary/aromatic N) is 2. The van der Waals surface area contributed by atoms with Gasteiger partial charge in [0.2, 0.25) is 0 Å². The lowest BCUT2D eigenvalue weighted by Crippen LogP contribution is -2.69. The topological polar surface area (TPSA) is 63.2 Å². The lowest BCUT2D eigenvalue weighted by Gasteiger charge is -2.61. The molecule has 1 saturated heterocycles. The van der Waals surface area contributed by atoms with Crippen molar-refractivity contribution in [2.24, 2.45) is 16.3 Å². The minimum atomic E-state index is -0.0407. The molecule has 0 aromatic rings. The maximum absolute atomic E-state index is 12.0.